The fourth-order valence-corrected chi connectivity index (χ4v) is 6.05. The smallest absolute Gasteiger partial charge is 0.145 e. The highest BCUT2D eigenvalue weighted by Crippen LogP contribution is 2.43. The first-order valence-electron chi connectivity index (χ1n) is 13.8. The van der Waals surface area contributed by atoms with Crippen molar-refractivity contribution in [2.24, 2.45) is 0 Å². The summed E-state index contributed by atoms with van der Waals surface area (Å²) in [6, 6.07) is 49.4. The van der Waals surface area contributed by atoms with E-state index in [1.807, 2.05) is 18.5 Å². The van der Waals surface area contributed by atoms with Gasteiger partial charge in [-0.05, 0) is 51.2 Å². The van der Waals surface area contributed by atoms with Gasteiger partial charge in [0, 0.05) is 28.7 Å². The summed E-state index contributed by atoms with van der Waals surface area (Å²) in [4.78, 5) is 9.45. The molecule has 0 saturated heterocycles. The number of hydrogen-bond donors (Lipinski definition) is 0. The van der Waals surface area contributed by atoms with Crippen LogP contribution in [0.3, 0.4) is 0 Å². The van der Waals surface area contributed by atoms with Gasteiger partial charge in [0.1, 0.15) is 5.82 Å². The third kappa shape index (κ3) is 3.82. The highest BCUT2D eigenvalue weighted by molar-refractivity contribution is 6.19. The van der Waals surface area contributed by atoms with Crippen LogP contribution in [0, 0.1) is 0 Å². The monoisotopic (exact) mass is 523 g/mol. The van der Waals surface area contributed by atoms with Crippen LogP contribution in [0.15, 0.2) is 152 Å². The predicted molar refractivity (Wildman–Crippen MR) is 170 cm³/mol. The highest BCUT2D eigenvalue weighted by atomic mass is 15.1. The molecule has 0 aliphatic heterocycles. The van der Waals surface area contributed by atoms with Gasteiger partial charge in [0.05, 0.1) is 16.7 Å². The first kappa shape index (κ1) is 23.4. The minimum atomic E-state index is 0.940. The van der Waals surface area contributed by atoms with Crippen molar-refractivity contribution in [3.8, 4) is 39.3 Å². The van der Waals surface area contributed by atoms with Crippen LogP contribution < -0.4 is 0 Å². The Morgan fingerprint density at radius 3 is 1.71 bits per heavy atom. The lowest BCUT2D eigenvalue weighted by atomic mass is 9.89. The standard InChI is InChI=1S/C38H25N3/c1-2-11-28(12-3-1)38-40-34-18-8-9-19-35(34)41(38)37-32-16-6-4-14-30(32)36(31-15-5-7-17-33(31)37)27-22-20-26(21-23-27)29-13-10-24-39-25-29/h1-25H. The van der Waals surface area contributed by atoms with E-state index in [2.05, 4.69) is 143 Å². The Morgan fingerprint density at radius 1 is 0.439 bits per heavy atom. The van der Waals surface area contributed by atoms with E-state index in [4.69, 9.17) is 4.98 Å². The summed E-state index contributed by atoms with van der Waals surface area (Å²) in [5.41, 5.74) is 9.02. The lowest BCUT2D eigenvalue weighted by Crippen LogP contribution is -2.01. The summed E-state index contributed by atoms with van der Waals surface area (Å²) in [5.74, 6) is 0.940. The summed E-state index contributed by atoms with van der Waals surface area (Å²) in [5, 5.41) is 4.81. The molecule has 0 atom stereocenters. The third-order valence-corrected chi connectivity index (χ3v) is 7.89. The Hall–Kier alpha value is -5.54. The molecule has 3 heteroatoms. The minimum Gasteiger partial charge on any atom is -0.291 e. The van der Waals surface area contributed by atoms with Gasteiger partial charge in [0.15, 0.2) is 0 Å². The van der Waals surface area contributed by atoms with Gasteiger partial charge < -0.3 is 0 Å². The Kier molecular flexibility index (Phi) is 5.46. The van der Waals surface area contributed by atoms with Crippen LogP contribution >= 0.6 is 0 Å². The van der Waals surface area contributed by atoms with Gasteiger partial charge in [-0.1, -0.05) is 121 Å². The molecule has 8 rings (SSSR count). The molecule has 8 aromatic rings. The van der Waals surface area contributed by atoms with Crippen LogP contribution in [0.1, 0.15) is 0 Å². The molecule has 0 radical (unpaired) electrons. The van der Waals surface area contributed by atoms with E-state index in [-0.39, 0.29) is 0 Å². The zero-order chi connectivity index (χ0) is 27.2. The van der Waals surface area contributed by atoms with E-state index in [1.54, 1.807) is 0 Å². The Balaban J connectivity index is 1.45. The van der Waals surface area contributed by atoms with Crippen molar-refractivity contribution < 1.29 is 0 Å². The average molecular weight is 524 g/mol. The maximum absolute atomic E-state index is 5.15. The second kappa shape index (κ2) is 9.58. The molecule has 0 unspecified atom stereocenters. The summed E-state index contributed by atoms with van der Waals surface area (Å²) < 4.78 is 2.35. The number of pyridine rings is 1. The molecular weight excluding hydrogens is 498 g/mol. The van der Waals surface area contributed by atoms with Crippen LogP contribution in [0.4, 0.5) is 0 Å². The third-order valence-electron chi connectivity index (χ3n) is 7.89. The van der Waals surface area contributed by atoms with Crippen molar-refractivity contribution in [2.75, 3.05) is 0 Å². The molecule has 0 bridgehead atoms. The molecule has 192 valence electrons. The number of aromatic nitrogens is 3. The molecule has 6 aromatic carbocycles. The summed E-state index contributed by atoms with van der Waals surface area (Å²) >= 11 is 0. The van der Waals surface area contributed by atoms with Crippen molar-refractivity contribution in [2.45, 2.75) is 0 Å². The number of rotatable bonds is 4. The molecule has 0 saturated carbocycles. The summed E-state index contributed by atoms with van der Waals surface area (Å²) in [7, 11) is 0. The number of benzene rings is 6. The number of hydrogen-bond acceptors (Lipinski definition) is 2. The molecule has 0 spiro atoms. The zero-order valence-corrected chi connectivity index (χ0v) is 22.3. The van der Waals surface area contributed by atoms with Crippen molar-refractivity contribution in [3.05, 3.63) is 152 Å². The van der Waals surface area contributed by atoms with E-state index in [0.717, 1.165) is 39.2 Å². The van der Waals surface area contributed by atoms with Gasteiger partial charge in [-0.15, -0.1) is 0 Å². The maximum Gasteiger partial charge on any atom is 0.145 e. The molecule has 0 fully saturated rings. The van der Waals surface area contributed by atoms with Gasteiger partial charge in [-0.2, -0.15) is 0 Å². The molecule has 41 heavy (non-hydrogen) atoms. The highest BCUT2D eigenvalue weighted by Gasteiger charge is 2.21. The van der Waals surface area contributed by atoms with Crippen LogP contribution in [0.25, 0.3) is 71.9 Å². The van der Waals surface area contributed by atoms with Crippen molar-refractivity contribution in [1.82, 2.24) is 14.5 Å². The van der Waals surface area contributed by atoms with Crippen molar-refractivity contribution in [1.29, 1.82) is 0 Å². The minimum absolute atomic E-state index is 0.940. The molecule has 2 aromatic heterocycles. The predicted octanol–water partition coefficient (Wildman–Crippen LogP) is 9.73. The molecule has 3 nitrogen and oxygen atoms in total. The summed E-state index contributed by atoms with van der Waals surface area (Å²) in [6.45, 7) is 0. The van der Waals surface area contributed by atoms with Crippen molar-refractivity contribution >= 4 is 32.6 Å². The van der Waals surface area contributed by atoms with E-state index in [9.17, 15) is 0 Å². The number of imidazole rings is 1. The van der Waals surface area contributed by atoms with E-state index in [0.29, 0.717) is 0 Å². The van der Waals surface area contributed by atoms with Gasteiger partial charge in [-0.3, -0.25) is 9.55 Å². The topological polar surface area (TPSA) is 30.7 Å². The molecular formula is C38H25N3. The number of fused-ring (bicyclic) bond motifs is 3. The van der Waals surface area contributed by atoms with Crippen LogP contribution in [-0.4, -0.2) is 14.5 Å². The zero-order valence-electron chi connectivity index (χ0n) is 22.3. The second-order valence-corrected chi connectivity index (χ2v) is 10.3. The number of para-hydroxylation sites is 2. The van der Waals surface area contributed by atoms with E-state index >= 15 is 0 Å². The van der Waals surface area contributed by atoms with Gasteiger partial charge in [-0.25, -0.2) is 4.98 Å². The molecule has 2 heterocycles. The van der Waals surface area contributed by atoms with Crippen molar-refractivity contribution in [3.63, 3.8) is 0 Å². The molecule has 0 amide bonds. The lowest BCUT2D eigenvalue weighted by molar-refractivity contribution is 1.13. The van der Waals surface area contributed by atoms with E-state index in [1.165, 1.54) is 32.7 Å². The Labute approximate surface area is 238 Å². The first-order chi connectivity index (χ1) is 20.4. The van der Waals surface area contributed by atoms with Gasteiger partial charge >= 0.3 is 0 Å². The van der Waals surface area contributed by atoms with Crippen LogP contribution in [0.5, 0.6) is 0 Å². The Morgan fingerprint density at radius 2 is 1.02 bits per heavy atom. The van der Waals surface area contributed by atoms with Gasteiger partial charge in [0.25, 0.3) is 0 Å². The van der Waals surface area contributed by atoms with E-state index < -0.39 is 0 Å². The molecule has 0 N–H and O–H groups in total. The van der Waals surface area contributed by atoms with Gasteiger partial charge in [0.2, 0.25) is 0 Å². The second-order valence-electron chi connectivity index (χ2n) is 10.3. The quantitative estimate of drug-likeness (QED) is 0.215. The summed E-state index contributed by atoms with van der Waals surface area (Å²) in [6.07, 6.45) is 3.72. The number of nitrogens with zero attached hydrogens (tertiary/aromatic N) is 3. The van der Waals surface area contributed by atoms with Crippen LogP contribution in [0.2, 0.25) is 0 Å². The first-order valence-corrected chi connectivity index (χ1v) is 13.8. The fourth-order valence-electron chi connectivity index (χ4n) is 6.05. The maximum atomic E-state index is 5.15. The molecule has 0 aliphatic rings. The normalized spacial score (nSPS) is 11.4. The Bertz CT molecular complexity index is 2120. The van der Waals surface area contributed by atoms with Crippen LogP contribution in [-0.2, 0) is 0 Å². The average Bonchev–Trinajstić information content (AvgIpc) is 3.44. The largest absolute Gasteiger partial charge is 0.291 e. The fraction of sp³-hybridized carbons (Fsp3) is 0. The SMILES string of the molecule is c1ccc(-c2nc3ccccc3n2-c2c3ccccc3c(-c3ccc(-c4cccnc4)cc3)c3ccccc23)cc1. The lowest BCUT2D eigenvalue weighted by Gasteiger charge is -2.20. The molecule has 0 aliphatic carbocycles.